The number of alkyl halides is 3. The van der Waals surface area contributed by atoms with Crippen LogP contribution >= 0.6 is 0 Å². The molecule has 0 N–H and O–H groups in total. The SMILES string of the molecule is FC(F)(F)C12CCC(C1)C1CCCC=C12. The Balaban J connectivity index is 2.06. The molecule has 3 atom stereocenters. The summed E-state index contributed by atoms with van der Waals surface area (Å²) in [7, 11) is 0. The van der Waals surface area contributed by atoms with Crippen LogP contribution in [0.2, 0.25) is 0 Å². The van der Waals surface area contributed by atoms with Crippen molar-refractivity contribution in [1.29, 1.82) is 0 Å². The molecular weight excluding hydrogens is 201 g/mol. The standard InChI is InChI=1S/C12H15F3/c13-12(14,15)11-6-5-8(7-11)9-3-1-2-4-10(9)11/h4,8-9H,1-3,5-7H2. The predicted octanol–water partition coefficient (Wildman–Crippen LogP) is 4.08. The highest BCUT2D eigenvalue weighted by atomic mass is 19.4. The molecule has 3 aliphatic carbocycles. The number of allylic oxidation sites excluding steroid dienone is 2. The average molecular weight is 216 g/mol. The molecule has 2 fully saturated rings. The summed E-state index contributed by atoms with van der Waals surface area (Å²) in [6.45, 7) is 0. The average Bonchev–Trinajstić information content (AvgIpc) is 2.74. The van der Waals surface area contributed by atoms with Crippen molar-refractivity contribution in [3.8, 4) is 0 Å². The van der Waals surface area contributed by atoms with Crippen molar-refractivity contribution < 1.29 is 13.2 Å². The zero-order valence-corrected chi connectivity index (χ0v) is 8.61. The normalized spacial score (nSPS) is 44.1. The van der Waals surface area contributed by atoms with Crippen LogP contribution in [0.5, 0.6) is 0 Å². The summed E-state index contributed by atoms with van der Waals surface area (Å²) in [6, 6.07) is 0. The van der Waals surface area contributed by atoms with E-state index < -0.39 is 11.6 Å². The first-order chi connectivity index (χ1) is 7.05. The fraction of sp³-hybridized carbons (Fsp3) is 0.833. The minimum absolute atomic E-state index is 0.272. The van der Waals surface area contributed by atoms with Crippen LogP contribution in [-0.2, 0) is 0 Å². The fourth-order valence-electron chi connectivity index (χ4n) is 4.05. The lowest BCUT2D eigenvalue weighted by Gasteiger charge is -2.37. The minimum Gasteiger partial charge on any atom is -0.170 e. The summed E-state index contributed by atoms with van der Waals surface area (Å²) in [5.41, 5.74) is -0.638. The molecule has 0 aromatic carbocycles. The van der Waals surface area contributed by atoms with Crippen molar-refractivity contribution in [1.82, 2.24) is 0 Å². The van der Waals surface area contributed by atoms with Crippen molar-refractivity contribution in [2.24, 2.45) is 17.3 Å². The molecule has 3 heteroatoms. The third-order valence-corrected chi connectivity index (χ3v) is 4.70. The maximum atomic E-state index is 13.2. The Labute approximate surface area is 87.5 Å². The molecule has 2 saturated carbocycles. The fourth-order valence-corrected chi connectivity index (χ4v) is 4.05. The summed E-state index contributed by atoms with van der Waals surface area (Å²) in [5.74, 6) is 0.604. The highest BCUT2D eigenvalue weighted by Gasteiger charge is 2.66. The molecular formula is C12H15F3. The summed E-state index contributed by atoms with van der Waals surface area (Å²) < 4.78 is 39.5. The number of rotatable bonds is 0. The van der Waals surface area contributed by atoms with Crippen molar-refractivity contribution in [2.75, 3.05) is 0 Å². The number of hydrogen-bond acceptors (Lipinski definition) is 0. The second-order valence-corrected chi connectivity index (χ2v) is 5.28. The van der Waals surface area contributed by atoms with Gasteiger partial charge < -0.3 is 0 Å². The van der Waals surface area contributed by atoms with Crippen molar-refractivity contribution >= 4 is 0 Å². The van der Waals surface area contributed by atoms with Gasteiger partial charge in [0.2, 0.25) is 0 Å². The lowest BCUT2D eigenvalue weighted by molar-refractivity contribution is -0.206. The zero-order valence-electron chi connectivity index (χ0n) is 8.61. The molecule has 0 heterocycles. The molecule has 2 bridgehead atoms. The van der Waals surface area contributed by atoms with Crippen LogP contribution in [-0.4, -0.2) is 6.18 Å². The third-order valence-electron chi connectivity index (χ3n) is 4.70. The van der Waals surface area contributed by atoms with E-state index in [9.17, 15) is 13.2 Å². The second-order valence-electron chi connectivity index (χ2n) is 5.28. The first-order valence-corrected chi connectivity index (χ1v) is 5.82. The van der Waals surface area contributed by atoms with Crippen molar-refractivity contribution in [3.63, 3.8) is 0 Å². The second kappa shape index (κ2) is 2.80. The Morgan fingerprint density at radius 3 is 2.80 bits per heavy atom. The Kier molecular flexibility index (Phi) is 1.82. The molecule has 3 unspecified atom stereocenters. The Hall–Kier alpha value is -0.470. The van der Waals surface area contributed by atoms with E-state index in [1.165, 1.54) is 0 Å². The lowest BCUT2D eigenvalue weighted by atomic mass is 9.70. The van der Waals surface area contributed by atoms with Crippen LogP contribution in [0.4, 0.5) is 13.2 Å². The topological polar surface area (TPSA) is 0 Å². The van der Waals surface area contributed by atoms with Crippen LogP contribution in [0.25, 0.3) is 0 Å². The maximum absolute atomic E-state index is 13.2. The molecule has 3 aliphatic rings. The quantitative estimate of drug-likeness (QED) is 0.535. The van der Waals surface area contributed by atoms with E-state index in [0.29, 0.717) is 18.8 Å². The van der Waals surface area contributed by atoms with Gasteiger partial charge in [0.05, 0.1) is 5.41 Å². The number of hydrogen-bond donors (Lipinski definition) is 0. The summed E-state index contributed by atoms with van der Waals surface area (Å²) in [5, 5.41) is 0. The minimum atomic E-state index is -4.01. The third kappa shape index (κ3) is 1.09. The van der Waals surface area contributed by atoms with Gasteiger partial charge in [-0.25, -0.2) is 0 Å². The maximum Gasteiger partial charge on any atom is 0.398 e. The molecule has 0 aromatic rings. The molecule has 0 nitrogen and oxygen atoms in total. The van der Waals surface area contributed by atoms with E-state index in [4.69, 9.17) is 0 Å². The largest absolute Gasteiger partial charge is 0.398 e. The molecule has 84 valence electrons. The van der Waals surface area contributed by atoms with Gasteiger partial charge in [-0.05, 0) is 50.4 Å². The van der Waals surface area contributed by atoms with Gasteiger partial charge in [-0.15, -0.1) is 0 Å². The van der Waals surface area contributed by atoms with Crippen LogP contribution in [0.15, 0.2) is 11.6 Å². The van der Waals surface area contributed by atoms with Gasteiger partial charge in [-0.2, -0.15) is 13.2 Å². The molecule has 15 heavy (non-hydrogen) atoms. The van der Waals surface area contributed by atoms with Crippen LogP contribution in [0.3, 0.4) is 0 Å². The summed E-state index contributed by atoms with van der Waals surface area (Å²) in [4.78, 5) is 0. The van der Waals surface area contributed by atoms with E-state index in [1.54, 1.807) is 0 Å². The van der Waals surface area contributed by atoms with Gasteiger partial charge in [0.15, 0.2) is 0 Å². The van der Waals surface area contributed by atoms with E-state index >= 15 is 0 Å². The first kappa shape index (κ1) is 9.73. The monoisotopic (exact) mass is 216 g/mol. The van der Waals surface area contributed by atoms with Gasteiger partial charge in [-0.1, -0.05) is 11.6 Å². The zero-order chi connectivity index (χ0) is 10.7. The lowest BCUT2D eigenvalue weighted by Crippen LogP contribution is -2.37. The molecule has 3 rings (SSSR count). The number of fused-ring (bicyclic) bond motifs is 5. The van der Waals surface area contributed by atoms with E-state index in [1.807, 2.05) is 6.08 Å². The van der Waals surface area contributed by atoms with E-state index in [-0.39, 0.29) is 5.92 Å². The molecule has 0 spiro atoms. The molecule has 0 aliphatic heterocycles. The summed E-state index contributed by atoms with van der Waals surface area (Å²) in [6.07, 6.45) is 2.35. The van der Waals surface area contributed by atoms with Gasteiger partial charge in [0.25, 0.3) is 0 Å². The summed E-state index contributed by atoms with van der Waals surface area (Å²) >= 11 is 0. The highest BCUT2D eigenvalue weighted by Crippen LogP contribution is 2.68. The van der Waals surface area contributed by atoms with Gasteiger partial charge in [0.1, 0.15) is 0 Å². The Morgan fingerprint density at radius 1 is 1.27 bits per heavy atom. The predicted molar refractivity (Wildman–Crippen MR) is 51.3 cm³/mol. The Morgan fingerprint density at radius 2 is 2.07 bits per heavy atom. The molecule has 0 amide bonds. The first-order valence-electron chi connectivity index (χ1n) is 5.82. The number of halogens is 3. The smallest absolute Gasteiger partial charge is 0.170 e. The van der Waals surface area contributed by atoms with Gasteiger partial charge in [-0.3, -0.25) is 0 Å². The van der Waals surface area contributed by atoms with Gasteiger partial charge in [0, 0.05) is 0 Å². The Bertz CT molecular complexity index is 315. The van der Waals surface area contributed by atoms with E-state index in [0.717, 1.165) is 31.3 Å². The van der Waals surface area contributed by atoms with Crippen LogP contribution in [0.1, 0.15) is 38.5 Å². The van der Waals surface area contributed by atoms with Crippen molar-refractivity contribution in [2.45, 2.75) is 44.7 Å². The van der Waals surface area contributed by atoms with Gasteiger partial charge >= 0.3 is 6.18 Å². The molecule has 0 aromatic heterocycles. The van der Waals surface area contributed by atoms with E-state index in [2.05, 4.69) is 0 Å². The highest BCUT2D eigenvalue weighted by molar-refractivity contribution is 5.31. The van der Waals surface area contributed by atoms with Crippen molar-refractivity contribution in [3.05, 3.63) is 11.6 Å². The van der Waals surface area contributed by atoms with Crippen LogP contribution in [0, 0.1) is 17.3 Å². The molecule has 0 radical (unpaired) electrons. The molecule has 0 saturated heterocycles. The van der Waals surface area contributed by atoms with Crippen LogP contribution < -0.4 is 0 Å².